The molecule has 0 aliphatic heterocycles. The number of ether oxygens (including phenoxy) is 1. The molecular weight excluding hydrogens is 305 g/mol. The minimum Gasteiger partial charge on any atom is -0.465 e. The summed E-state index contributed by atoms with van der Waals surface area (Å²) in [6, 6.07) is 5.38. The van der Waals surface area contributed by atoms with Gasteiger partial charge in [0.2, 0.25) is 0 Å². The molecule has 0 atom stereocenters. The molecule has 0 heterocycles. The van der Waals surface area contributed by atoms with Gasteiger partial charge in [0.05, 0.1) is 18.2 Å². The molecule has 0 radical (unpaired) electrons. The van der Waals surface area contributed by atoms with Crippen molar-refractivity contribution in [2.75, 3.05) is 7.11 Å². The van der Waals surface area contributed by atoms with E-state index >= 15 is 0 Å². The number of nitrogens with zero attached hydrogens (tertiary/aromatic N) is 1. The predicted octanol–water partition coefficient (Wildman–Crippen LogP) is 2.51. The summed E-state index contributed by atoms with van der Waals surface area (Å²) in [5.74, 6) is -0.353. The number of esters is 1. The van der Waals surface area contributed by atoms with Crippen LogP contribution in [0.1, 0.15) is 28.4 Å². The maximum atomic E-state index is 11.4. The number of halogens is 1. The Balaban J connectivity index is 3.39. The van der Waals surface area contributed by atoms with Crippen LogP contribution >= 0.6 is 22.6 Å². The highest BCUT2D eigenvalue weighted by Crippen LogP contribution is 2.22. The summed E-state index contributed by atoms with van der Waals surface area (Å²) < 4.78 is 5.52. The molecule has 0 saturated carbocycles. The average Bonchev–Trinajstić information content (AvgIpc) is 2.27. The third kappa shape index (κ3) is 2.29. The lowest BCUT2D eigenvalue weighted by atomic mass is 10.0. The molecule has 1 aromatic carbocycles. The van der Waals surface area contributed by atoms with Crippen molar-refractivity contribution < 1.29 is 9.53 Å². The van der Waals surface area contributed by atoms with Crippen LogP contribution in [0.2, 0.25) is 0 Å². The van der Waals surface area contributed by atoms with Gasteiger partial charge in [-0.3, -0.25) is 0 Å². The Kier molecular flexibility index (Phi) is 4.09. The van der Waals surface area contributed by atoms with E-state index in [9.17, 15) is 4.79 Å². The molecule has 0 bridgehead atoms. The molecule has 78 valence electrons. The second-order valence-corrected chi connectivity index (χ2v) is 3.99. The fraction of sp³-hybridized carbons (Fsp3) is 0.273. The first-order valence-electron chi connectivity index (χ1n) is 4.45. The van der Waals surface area contributed by atoms with E-state index in [0.717, 1.165) is 9.13 Å². The molecule has 15 heavy (non-hydrogen) atoms. The minimum atomic E-state index is -0.353. The van der Waals surface area contributed by atoms with Crippen LogP contribution in [0.5, 0.6) is 0 Å². The van der Waals surface area contributed by atoms with Gasteiger partial charge in [0, 0.05) is 3.57 Å². The van der Waals surface area contributed by atoms with E-state index in [0.29, 0.717) is 17.5 Å². The van der Waals surface area contributed by atoms with Crippen LogP contribution in [0.15, 0.2) is 12.1 Å². The topological polar surface area (TPSA) is 50.1 Å². The zero-order valence-corrected chi connectivity index (χ0v) is 10.7. The summed E-state index contributed by atoms with van der Waals surface area (Å²) in [5, 5.41) is 8.85. The summed E-state index contributed by atoms with van der Waals surface area (Å²) in [7, 11) is 1.35. The number of rotatable bonds is 2. The van der Waals surface area contributed by atoms with Crippen LogP contribution in [-0.2, 0) is 11.2 Å². The van der Waals surface area contributed by atoms with Gasteiger partial charge in [-0.2, -0.15) is 5.26 Å². The molecule has 0 fully saturated rings. The van der Waals surface area contributed by atoms with Crippen LogP contribution in [0.3, 0.4) is 0 Å². The summed E-state index contributed by atoms with van der Waals surface area (Å²) in [5.41, 5.74) is 2.02. The van der Waals surface area contributed by atoms with Gasteiger partial charge in [-0.25, -0.2) is 4.79 Å². The normalized spacial score (nSPS) is 9.47. The highest BCUT2D eigenvalue weighted by molar-refractivity contribution is 14.1. The third-order valence-electron chi connectivity index (χ3n) is 2.12. The van der Waals surface area contributed by atoms with E-state index in [4.69, 9.17) is 5.26 Å². The van der Waals surface area contributed by atoms with Gasteiger partial charge in [-0.1, -0.05) is 6.92 Å². The molecule has 4 heteroatoms. The molecule has 0 N–H and O–H groups in total. The fourth-order valence-electron chi connectivity index (χ4n) is 1.35. The summed E-state index contributed by atoms with van der Waals surface area (Å²) in [6.07, 6.45) is 0.707. The van der Waals surface area contributed by atoms with Gasteiger partial charge in [0.15, 0.2) is 0 Å². The van der Waals surface area contributed by atoms with E-state index in [1.165, 1.54) is 7.11 Å². The standard InChI is InChI=1S/C11H10INO2/c1-3-8-9(11(14)15-2)5-4-7(6-13)10(8)12/h4-5H,3H2,1-2H3. The number of benzene rings is 1. The maximum absolute atomic E-state index is 11.4. The van der Waals surface area contributed by atoms with Crippen LogP contribution < -0.4 is 0 Å². The first kappa shape index (κ1) is 12.0. The summed E-state index contributed by atoms with van der Waals surface area (Å²) >= 11 is 2.09. The number of hydrogen-bond acceptors (Lipinski definition) is 3. The van der Waals surface area contributed by atoms with Gasteiger partial charge >= 0.3 is 5.97 Å². The first-order valence-corrected chi connectivity index (χ1v) is 5.53. The molecule has 0 saturated heterocycles. The molecule has 0 unspecified atom stereocenters. The Morgan fingerprint density at radius 3 is 2.73 bits per heavy atom. The molecule has 1 rings (SSSR count). The quantitative estimate of drug-likeness (QED) is 0.622. The number of methoxy groups -OCH3 is 1. The monoisotopic (exact) mass is 315 g/mol. The van der Waals surface area contributed by atoms with Crippen molar-refractivity contribution in [3.63, 3.8) is 0 Å². The average molecular weight is 315 g/mol. The van der Waals surface area contributed by atoms with E-state index in [1.54, 1.807) is 12.1 Å². The van der Waals surface area contributed by atoms with Crippen LogP contribution in [0, 0.1) is 14.9 Å². The minimum absolute atomic E-state index is 0.353. The highest BCUT2D eigenvalue weighted by atomic mass is 127. The molecule has 0 aliphatic carbocycles. The number of nitriles is 1. The second kappa shape index (κ2) is 5.12. The van der Waals surface area contributed by atoms with Crippen LogP contribution in [0.4, 0.5) is 0 Å². The Morgan fingerprint density at radius 1 is 1.60 bits per heavy atom. The van der Waals surface area contributed by atoms with E-state index in [-0.39, 0.29) is 5.97 Å². The van der Waals surface area contributed by atoms with E-state index in [1.807, 2.05) is 6.92 Å². The molecule has 1 aromatic rings. The van der Waals surface area contributed by atoms with Crippen molar-refractivity contribution in [1.82, 2.24) is 0 Å². The van der Waals surface area contributed by atoms with Gasteiger partial charge in [0.25, 0.3) is 0 Å². The Hall–Kier alpha value is -1.09. The van der Waals surface area contributed by atoms with Gasteiger partial charge < -0.3 is 4.74 Å². The molecule has 3 nitrogen and oxygen atoms in total. The second-order valence-electron chi connectivity index (χ2n) is 2.91. The SMILES string of the molecule is CCc1c(C(=O)OC)ccc(C#N)c1I. The number of carbonyl (C=O) groups excluding carboxylic acids is 1. The summed E-state index contributed by atoms with van der Waals surface area (Å²) in [6.45, 7) is 1.95. The molecular formula is C11H10INO2. The molecule has 0 spiro atoms. The molecule has 0 aromatic heterocycles. The van der Waals surface area contributed by atoms with Gasteiger partial charge in [-0.05, 0) is 46.7 Å². The highest BCUT2D eigenvalue weighted by Gasteiger charge is 2.15. The van der Waals surface area contributed by atoms with Crippen molar-refractivity contribution in [2.24, 2.45) is 0 Å². The zero-order valence-electron chi connectivity index (χ0n) is 8.50. The number of hydrogen-bond donors (Lipinski definition) is 0. The van der Waals surface area contributed by atoms with Gasteiger partial charge in [0.1, 0.15) is 6.07 Å². The van der Waals surface area contributed by atoms with Crippen LogP contribution in [-0.4, -0.2) is 13.1 Å². The third-order valence-corrected chi connectivity index (χ3v) is 3.35. The lowest BCUT2D eigenvalue weighted by molar-refractivity contribution is 0.0599. The smallest absolute Gasteiger partial charge is 0.338 e. The number of carbonyl (C=O) groups is 1. The fourth-order valence-corrected chi connectivity index (χ4v) is 2.33. The lowest BCUT2D eigenvalue weighted by Crippen LogP contribution is -2.07. The largest absolute Gasteiger partial charge is 0.465 e. The van der Waals surface area contributed by atoms with Gasteiger partial charge in [-0.15, -0.1) is 0 Å². The van der Waals surface area contributed by atoms with E-state index in [2.05, 4.69) is 33.4 Å². The zero-order chi connectivity index (χ0) is 11.4. The Morgan fingerprint density at radius 2 is 2.27 bits per heavy atom. The predicted molar refractivity (Wildman–Crippen MR) is 64.6 cm³/mol. The van der Waals surface area contributed by atoms with E-state index < -0.39 is 0 Å². The van der Waals surface area contributed by atoms with Crippen molar-refractivity contribution in [2.45, 2.75) is 13.3 Å². The van der Waals surface area contributed by atoms with Crippen molar-refractivity contribution >= 4 is 28.6 Å². The molecule has 0 amide bonds. The lowest BCUT2D eigenvalue weighted by Gasteiger charge is -2.09. The van der Waals surface area contributed by atoms with Crippen molar-refractivity contribution in [3.8, 4) is 6.07 Å². The van der Waals surface area contributed by atoms with Crippen molar-refractivity contribution in [1.29, 1.82) is 5.26 Å². The van der Waals surface area contributed by atoms with Crippen molar-refractivity contribution in [3.05, 3.63) is 32.4 Å². The first-order chi connectivity index (χ1) is 7.15. The Labute approximate surface area is 102 Å². The summed E-state index contributed by atoms with van der Waals surface area (Å²) in [4.78, 5) is 11.4. The molecule has 0 aliphatic rings. The maximum Gasteiger partial charge on any atom is 0.338 e. The van der Waals surface area contributed by atoms with Crippen LogP contribution in [0.25, 0.3) is 0 Å². The Bertz CT molecular complexity index is 435.